The molecule has 0 aromatic carbocycles. The molecule has 0 heterocycles. The van der Waals surface area contributed by atoms with Crippen molar-refractivity contribution in [3.05, 3.63) is 0 Å². The van der Waals surface area contributed by atoms with Crippen LogP contribution in [0.3, 0.4) is 0 Å². The molecule has 5 heteroatoms. The van der Waals surface area contributed by atoms with Gasteiger partial charge in [-0.15, -0.1) is 0 Å². The van der Waals surface area contributed by atoms with Gasteiger partial charge in [-0.3, -0.25) is 0 Å². The molecule has 2 N–H and O–H groups in total. The van der Waals surface area contributed by atoms with E-state index in [0.717, 1.165) is 0 Å². The van der Waals surface area contributed by atoms with Crippen molar-refractivity contribution in [3.8, 4) is 0 Å². The molecule has 0 unspecified atom stereocenters. The maximum absolute atomic E-state index is 0. The number of rotatable bonds is 0. The van der Waals surface area contributed by atoms with Crippen molar-refractivity contribution in [2.45, 2.75) is 0 Å². The Morgan fingerprint density at radius 1 is 1.00 bits per heavy atom. The van der Waals surface area contributed by atoms with Crippen molar-refractivity contribution in [3.63, 3.8) is 0 Å². The third-order valence-electron chi connectivity index (χ3n) is 0. The summed E-state index contributed by atoms with van der Waals surface area (Å²) in [7, 11) is 0. The Bertz CT molecular complexity index is 11.6. The Balaban J connectivity index is 0. The van der Waals surface area contributed by atoms with E-state index in [1.165, 1.54) is 0 Å². The molecule has 5 heavy (non-hydrogen) atoms. The van der Waals surface area contributed by atoms with Crippen LogP contribution in [-0.4, -0.2) is 22.8 Å². The van der Waals surface area contributed by atoms with Gasteiger partial charge in [-0.05, 0) is 0 Å². The van der Waals surface area contributed by atoms with Crippen LogP contribution in [0.2, 0.25) is 0 Å². The van der Waals surface area contributed by atoms with Gasteiger partial charge in [-0.2, -0.15) is 0 Å². The van der Waals surface area contributed by atoms with E-state index in [0.29, 0.717) is 0 Å². The molecule has 0 aromatic rings. The van der Waals surface area contributed by atoms with Gasteiger partial charge in [0.15, 0.2) is 17.4 Å². The summed E-state index contributed by atoms with van der Waals surface area (Å²) in [5.41, 5.74) is 0. The fraction of sp³-hybridized carbons (Fsp3) is 0. The first-order valence-corrected chi connectivity index (χ1v) is 0. The fourth-order valence-electron chi connectivity index (χ4n) is 0. The standard InChI is InChI=1S/Al.Mo.H2O.Ti.W.3H/h;;1H2;;;;;. The summed E-state index contributed by atoms with van der Waals surface area (Å²) in [6.07, 6.45) is 0. The third kappa shape index (κ3) is 20.7. The van der Waals surface area contributed by atoms with Crippen molar-refractivity contribution in [2.75, 3.05) is 0 Å². The molecule has 1 nitrogen and oxygen atoms in total. The van der Waals surface area contributed by atoms with Gasteiger partial charge < -0.3 is 5.48 Å². The topological polar surface area (TPSA) is 31.5 Å². The van der Waals surface area contributed by atoms with E-state index in [4.69, 9.17) is 0 Å². The van der Waals surface area contributed by atoms with Crippen LogP contribution in [0.1, 0.15) is 0 Å². The Hall–Kier alpha value is 2.58. The first kappa shape index (κ1) is 49.2. The summed E-state index contributed by atoms with van der Waals surface area (Å²) in [6, 6.07) is 0. The minimum Gasteiger partial charge on any atom is -0.412 e. The van der Waals surface area contributed by atoms with Gasteiger partial charge >= 0.3 is 0 Å². The minimum absolute atomic E-state index is 0. The first-order valence-electron chi connectivity index (χ1n) is 0. The molecule has 0 fully saturated rings. The van der Waals surface area contributed by atoms with Gasteiger partial charge in [0.1, 0.15) is 0 Å². The second kappa shape index (κ2) is 30.8. The van der Waals surface area contributed by atoms with Crippen LogP contribution in [0, 0.1) is 0 Å². The molecular formula is H5AlMoOTiW. The van der Waals surface area contributed by atoms with Gasteiger partial charge in [0, 0.05) is 63.8 Å². The molecule has 0 aliphatic heterocycles. The normalized spacial score (nSPS) is 0. The second-order valence-corrected chi connectivity index (χ2v) is 0. The Morgan fingerprint density at radius 3 is 1.00 bits per heavy atom. The van der Waals surface area contributed by atoms with Crippen molar-refractivity contribution in [1.82, 2.24) is 0 Å². The molecule has 0 aromatic heterocycles. The Labute approximate surface area is 85.5 Å². The SMILES string of the molecule is O.[AlH3].[Mo].[Ti].[W]. The van der Waals surface area contributed by atoms with Crippen LogP contribution < -0.4 is 0 Å². The van der Waals surface area contributed by atoms with E-state index >= 15 is 0 Å². The van der Waals surface area contributed by atoms with Crippen LogP contribution in [0.4, 0.5) is 0 Å². The van der Waals surface area contributed by atoms with E-state index in [1.54, 1.807) is 0 Å². The van der Waals surface area contributed by atoms with Gasteiger partial charge in [-0.25, -0.2) is 0 Å². The summed E-state index contributed by atoms with van der Waals surface area (Å²) in [6.45, 7) is 0. The van der Waals surface area contributed by atoms with Gasteiger partial charge in [0.05, 0.1) is 0 Å². The van der Waals surface area contributed by atoms with Crippen LogP contribution in [0.5, 0.6) is 0 Å². The summed E-state index contributed by atoms with van der Waals surface area (Å²) in [5.74, 6) is 0. The summed E-state index contributed by atoms with van der Waals surface area (Å²) < 4.78 is 0. The van der Waals surface area contributed by atoms with Gasteiger partial charge in [0.25, 0.3) is 0 Å². The predicted octanol–water partition coefficient (Wildman–Crippen LogP) is -2.02. The summed E-state index contributed by atoms with van der Waals surface area (Å²) in [4.78, 5) is 0. The largest absolute Gasteiger partial charge is 0.412 e. The van der Waals surface area contributed by atoms with Crippen LogP contribution >= 0.6 is 0 Å². The molecule has 0 saturated carbocycles. The van der Waals surface area contributed by atoms with E-state index < -0.39 is 0 Å². The van der Waals surface area contributed by atoms with Gasteiger partial charge in [-0.1, -0.05) is 0 Å². The summed E-state index contributed by atoms with van der Waals surface area (Å²) in [5, 5.41) is 0. The van der Waals surface area contributed by atoms with E-state index in [2.05, 4.69) is 0 Å². The zero-order valence-corrected chi connectivity index (χ0v) is 8.32. The second-order valence-electron chi connectivity index (χ2n) is 0. The first-order chi connectivity index (χ1) is 0. The smallest absolute Gasteiger partial charge is 0.187 e. The number of hydrogen-bond donors (Lipinski definition) is 0. The fourth-order valence-corrected chi connectivity index (χ4v) is 0. The number of hydrogen-bond acceptors (Lipinski definition) is 0. The van der Waals surface area contributed by atoms with Crippen LogP contribution in [0.25, 0.3) is 0 Å². The van der Waals surface area contributed by atoms with E-state index in [9.17, 15) is 0 Å². The molecule has 0 spiro atoms. The Morgan fingerprint density at radius 2 is 1.00 bits per heavy atom. The molecule has 0 aliphatic carbocycles. The molecule has 0 aliphatic rings. The van der Waals surface area contributed by atoms with Crippen LogP contribution in [0.15, 0.2) is 0 Å². The molecule has 0 bridgehead atoms. The average Bonchev–Trinajstić information content (AvgIpc) is 0. The molecule has 0 amide bonds. The maximum atomic E-state index is 0. The monoisotopic (exact) mass is 378 g/mol. The van der Waals surface area contributed by atoms with Crippen molar-refractivity contribution < 1.29 is 69.3 Å². The minimum atomic E-state index is 0. The molecule has 0 rings (SSSR count). The molecule has 30 valence electrons. The quantitative estimate of drug-likeness (QED) is 0.438. The van der Waals surface area contributed by atoms with Crippen molar-refractivity contribution in [1.29, 1.82) is 0 Å². The van der Waals surface area contributed by atoms with Crippen LogP contribution in [-0.2, 0) is 63.8 Å². The van der Waals surface area contributed by atoms with E-state index in [1.807, 2.05) is 0 Å². The predicted molar refractivity (Wildman–Crippen MR) is 13.6 cm³/mol. The van der Waals surface area contributed by atoms with E-state index in [-0.39, 0.29) is 86.7 Å². The third-order valence-corrected chi connectivity index (χ3v) is 0. The summed E-state index contributed by atoms with van der Waals surface area (Å²) >= 11 is 0. The average molecular weight is 376 g/mol. The van der Waals surface area contributed by atoms with Crippen molar-refractivity contribution >= 4 is 17.4 Å². The molecular weight excluding hydrogens is 371 g/mol. The molecule has 0 radical (unpaired) electrons. The maximum Gasteiger partial charge on any atom is 0.187 e. The Kier molecular flexibility index (Phi) is 303. The van der Waals surface area contributed by atoms with Gasteiger partial charge in [0.2, 0.25) is 0 Å². The molecule has 0 saturated heterocycles. The zero-order valence-electron chi connectivity index (χ0n) is 1.82. The molecule has 0 atom stereocenters. The zero-order chi connectivity index (χ0) is 0. The van der Waals surface area contributed by atoms with Crippen molar-refractivity contribution in [2.24, 2.45) is 0 Å².